The Morgan fingerprint density at radius 3 is 2.41 bits per heavy atom. The predicted octanol–water partition coefficient (Wildman–Crippen LogP) is 5.05. The van der Waals surface area contributed by atoms with E-state index in [0.717, 1.165) is 22.5 Å². The zero-order valence-electron chi connectivity index (χ0n) is 25.7. The minimum absolute atomic E-state index is 0.162. The van der Waals surface area contributed by atoms with Gasteiger partial charge in [-0.1, -0.05) is 59.9 Å². The van der Waals surface area contributed by atoms with Gasteiger partial charge in [0.1, 0.15) is 5.75 Å². The Labute approximate surface area is 268 Å². The molecule has 5 aromatic rings. The first-order valence-electron chi connectivity index (χ1n) is 14.7. The maximum atomic E-state index is 14.3. The topological polar surface area (TPSA) is 112 Å². The molecule has 3 heterocycles. The van der Waals surface area contributed by atoms with Gasteiger partial charge in [-0.25, -0.2) is 14.6 Å². The molecule has 0 unspecified atom stereocenters. The Morgan fingerprint density at radius 2 is 1.74 bits per heavy atom. The molecule has 0 spiro atoms. The lowest BCUT2D eigenvalue weighted by Crippen LogP contribution is -2.40. The van der Waals surface area contributed by atoms with Gasteiger partial charge in [-0.15, -0.1) is 0 Å². The molecule has 232 valence electrons. The van der Waals surface area contributed by atoms with Crippen molar-refractivity contribution in [3.8, 4) is 11.4 Å². The van der Waals surface area contributed by atoms with Gasteiger partial charge in [0.05, 0.1) is 41.1 Å². The number of hydrogen-bond acceptors (Lipinski definition) is 7. The van der Waals surface area contributed by atoms with E-state index in [-0.39, 0.29) is 23.3 Å². The lowest BCUT2D eigenvalue weighted by molar-refractivity contribution is -0.138. The number of ether oxygens (including phenoxy) is 2. The number of nitrogens with zero attached hydrogens (tertiary/aromatic N) is 3. The summed E-state index contributed by atoms with van der Waals surface area (Å²) < 4.78 is 14.9. The van der Waals surface area contributed by atoms with E-state index in [4.69, 9.17) is 14.5 Å². The number of esters is 1. The number of methoxy groups -OCH3 is 1. The van der Waals surface area contributed by atoms with Crippen LogP contribution in [0.5, 0.6) is 5.75 Å². The SMILES string of the molecule is CCOC(=O)C1=C(c2ccccc2)N=c2s/c(=C\c3cc(C)n(-c4cccc(C(=O)O)c4)c3C)c(=O)n2[C@H]1c1ccc(OC)cc1. The molecule has 0 radical (unpaired) electrons. The van der Waals surface area contributed by atoms with Crippen LogP contribution in [-0.2, 0) is 9.53 Å². The van der Waals surface area contributed by atoms with Crippen molar-refractivity contribution in [3.63, 3.8) is 0 Å². The molecule has 46 heavy (non-hydrogen) atoms. The van der Waals surface area contributed by atoms with E-state index >= 15 is 0 Å². The molecule has 9 nitrogen and oxygen atoms in total. The fraction of sp³-hybridized carbons (Fsp3) is 0.167. The van der Waals surface area contributed by atoms with Crippen LogP contribution in [0.3, 0.4) is 0 Å². The summed E-state index contributed by atoms with van der Waals surface area (Å²) in [6, 6.07) is 24.6. The van der Waals surface area contributed by atoms with E-state index in [1.807, 2.05) is 79.1 Å². The largest absolute Gasteiger partial charge is 0.497 e. The second-order valence-electron chi connectivity index (χ2n) is 10.7. The Balaban J connectivity index is 1.58. The number of hydrogen-bond donors (Lipinski definition) is 1. The molecule has 0 amide bonds. The minimum atomic E-state index is -1.01. The summed E-state index contributed by atoms with van der Waals surface area (Å²) in [4.78, 5) is 44.9. The first kappa shape index (κ1) is 30.5. The van der Waals surface area contributed by atoms with Gasteiger partial charge in [0.25, 0.3) is 5.56 Å². The monoisotopic (exact) mass is 633 g/mol. The number of thiazole rings is 1. The standard InChI is InChI=1S/C36H31N3O6S/c1-5-45-35(43)30-31(23-10-7-6-8-11-23)37-36-39(32(30)24-14-16-28(44-4)17-15-24)33(40)29(46-36)20-26-18-21(2)38(22(26)3)27-13-9-12-25(19-27)34(41)42/h6-20,32H,5H2,1-4H3,(H,41,42)/b29-20-/t32-/m0/s1. The van der Waals surface area contributed by atoms with Crippen molar-refractivity contribution in [2.45, 2.75) is 26.8 Å². The van der Waals surface area contributed by atoms with Crippen molar-refractivity contribution in [2.75, 3.05) is 13.7 Å². The summed E-state index contributed by atoms with van der Waals surface area (Å²) in [5.74, 6) is -0.910. The fourth-order valence-corrected chi connectivity index (χ4v) is 6.78. The van der Waals surface area contributed by atoms with Crippen LogP contribution in [-0.4, -0.2) is 39.9 Å². The van der Waals surface area contributed by atoms with Gasteiger partial charge in [-0.2, -0.15) is 0 Å². The number of carbonyl (C=O) groups is 2. The van der Waals surface area contributed by atoms with Crippen LogP contribution in [0.15, 0.2) is 100 Å². The Hall–Kier alpha value is -5.48. The second kappa shape index (κ2) is 12.5. The van der Waals surface area contributed by atoms with E-state index in [9.17, 15) is 19.5 Å². The van der Waals surface area contributed by atoms with Crippen LogP contribution in [0.1, 0.15) is 51.4 Å². The number of rotatable bonds is 8. The van der Waals surface area contributed by atoms with Gasteiger partial charge in [0.2, 0.25) is 0 Å². The van der Waals surface area contributed by atoms with Crippen LogP contribution in [0.25, 0.3) is 17.5 Å². The molecule has 10 heteroatoms. The average molecular weight is 634 g/mol. The van der Waals surface area contributed by atoms with Gasteiger partial charge in [0, 0.05) is 22.6 Å². The number of carbonyl (C=O) groups excluding carboxylic acids is 1. The smallest absolute Gasteiger partial charge is 0.338 e. The van der Waals surface area contributed by atoms with Crippen molar-refractivity contribution < 1.29 is 24.2 Å². The zero-order valence-corrected chi connectivity index (χ0v) is 26.5. The third-order valence-corrected chi connectivity index (χ3v) is 8.90. The van der Waals surface area contributed by atoms with E-state index in [0.29, 0.717) is 32.0 Å². The number of benzene rings is 3. The molecule has 1 aliphatic heterocycles. The average Bonchev–Trinajstić information content (AvgIpc) is 3.53. The second-order valence-corrected chi connectivity index (χ2v) is 11.7. The van der Waals surface area contributed by atoms with Crippen molar-refractivity contribution in [2.24, 2.45) is 4.99 Å². The summed E-state index contributed by atoms with van der Waals surface area (Å²) in [6.07, 6.45) is 1.82. The summed E-state index contributed by atoms with van der Waals surface area (Å²) in [5.41, 5.74) is 5.28. The van der Waals surface area contributed by atoms with Gasteiger partial charge < -0.3 is 19.1 Å². The molecule has 1 N–H and O–H groups in total. The number of aryl methyl sites for hydroxylation is 1. The first-order chi connectivity index (χ1) is 22.2. The summed E-state index contributed by atoms with van der Waals surface area (Å²) in [5, 5.41) is 9.51. The highest BCUT2D eigenvalue weighted by Gasteiger charge is 2.35. The number of carboxylic acids is 1. The van der Waals surface area contributed by atoms with Crippen LogP contribution < -0.4 is 19.6 Å². The fourth-order valence-electron chi connectivity index (χ4n) is 5.79. The van der Waals surface area contributed by atoms with Gasteiger partial charge >= 0.3 is 11.9 Å². The van der Waals surface area contributed by atoms with E-state index in [1.54, 1.807) is 48.9 Å². The maximum absolute atomic E-state index is 14.3. The normalized spacial score (nSPS) is 14.5. The zero-order chi connectivity index (χ0) is 32.5. The Kier molecular flexibility index (Phi) is 8.29. The van der Waals surface area contributed by atoms with Crippen LogP contribution in [0.2, 0.25) is 0 Å². The maximum Gasteiger partial charge on any atom is 0.338 e. The van der Waals surface area contributed by atoms with Gasteiger partial charge in [-0.05, 0) is 74.4 Å². The number of carboxylic acid groups (broad SMARTS) is 1. The highest BCUT2D eigenvalue weighted by atomic mass is 32.1. The molecule has 0 aliphatic carbocycles. The highest BCUT2D eigenvalue weighted by Crippen LogP contribution is 2.35. The molecular formula is C36H31N3O6S. The predicted molar refractivity (Wildman–Crippen MR) is 176 cm³/mol. The lowest BCUT2D eigenvalue weighted by atomic mass is 9.93. The van der Waals surface area contributed by atoms with Crippen LogP contribution >= 0.6 is 11.3 Å². The molecule has 6 rings (SSSR count). The van der Waals surface area contributed by atoms with Gasteiger partial charge in [0.15, 0.2) is 4.80 Å². The third kappa shape index (κ3) is 5.48. The van der Waals surface area contributed by atoms with Crippen molar-refractivity contribution in [1.29, 1.82) is 0 Å². The van der Waals surface area contributed by atoms with E-state index in [2.05, 4.69) is 0 Å². The number of aromatic carboxylic acids is 1. The number of aromatic nitrogens is 2. The van der Waals surface area contributed by atoms with E-state index in [1.165, 1.54) is 11.3 Å². The molecule has 2 aromatic heterocycles. The van der Waals surface area contributed by atoms with Crippen molar-refractivity contribution in [1.82, 2.24) is 9.13 Å². The molecule has 1 aliphatic rings. The number of fused-ring (bicyclic) bond motifs is 1. The molecule has 3 aromatic carbocycles. The quantitative estimate of drug-likeness (QED) is 0.240. The molecule has 1 atom stereocenters. The molecule has 0 bridgehead atoms. The Morgan fingerprint density at radius 1 is 1.00 bits per heavy atom. The van der Waals surface area contributed by atoms with Crippen molar-refractivity contribution >= 4 is 35.0 Å². The van der Waals surface area contributed by atoms with Crippen LogP contribution in [0.4, 0.5) is 0 Å². The third-order valence-electron chi connectivity index (χ3n) is 7.91. The van der Waals surface area contributed by atoms with Crippen LogP contribution in [0, 0.1) is 13.8 Å². The Bertz CT molecular complexity index is 2190. The summed E-state index contributed by atoms with van der Waals surface area (Å²) >= 11 is 1.24. The first-order valence-corrected chi connectivity index (χ1v) is 15.5. The van der Waals surface area contributed by atoms with E-state index < -0.39 is 18.0 Å². The molecule has 0 fully saturated rings. The highest BCUT2D eigenvalue weighted by molar-refractivity contribution is 7.07. The van der Waals surface area contributed by atoms with Crippen molar-refractivity contribution in [3.05, 3.63) is 144 Å². The molecular weight excluding hydrogens is 602 g/mol. The van der Waals surface area contributed by atoms with Gasteiger partial charge in [-0.3, -0.25) is 9.36 Å². The molecule has 0 saturated heterocycles. The minimum Gasteiger partial charge on any atom is -0.497 e. The lowest BCUT2D eigenvalue weighted by Gasteiger charge is -2.26. The summed E-state index contributed by atoms with van der Waals surface area (Å²) in [6.45, 7) is 5.76. The molecule has 0 saturated carbocycles. The summed E-state index contributed by atoms with van der Waals surface area (Å²) in [7, 11) is 1.58.